The molecule has 30 heavy (non-hydrogen) atoms. The summed E-state index contributed by atoms with van der Waals surface area (Å²) in [5.74, 6) is -0.338. The van der Waals surface area contributed by atoms with Crippen molar-refractivity contribution in [1.82, 2.24) is 14.9 Å². The molecule has 0 aliphatic carbocycles. The van der Waals surface area contributed by atoms with Gasteiger partial charge in [-0.1, -0.05) is 11.6 Å². The van der Waals surface area contributed by atoms with Gasteiger partial charge in [0.1, 0.15) is 11.6 Å². The van der Waals surface area contributed by atoms with Crippen molar-refractivity contribution in [2.24, 2.45) is 0 Å². The van der Waals surface area contributed by atoms with E-state index in [0.717, 1.165) is 6.42 Å². The quantitative estimate of drug-likeness (QED) is 0.680. The van der Waals surface area contributed by atoms with Crippen LogP contribution in [0.25, 0.3) is 0 Å². The molecule has 8 nitrogen and oxygen atoms in total. The lowest BCUT2D eigenvalue weighted by atomic mass is 10.1. The number of rotatable bonds is 6. The lowest BCUT2D eigenvalue weighted by Gasteiger charge is -2.31. The van der Waals surface area contributed by atoms with Gasteiger partial charge in [-0.25, -0.2) is 13.2 Å². The predicted molar refractivity (Wildman–Crippen MR) is 115 cm³/mol. The van der Waals surface area contributed by atoms with Gasteiger partial charge < -0.3 is 15.4 Å². The van der Waals surface area contributed by atoms with Crippen molar-refractivity contribution >= 4 is 33.6 Å². The van der Waals surface area contributed by atoms with Crippen LogP contribution < -0.4 is 10.6 Å². The fraction of sp³-hybridized carbons (Fsp3) is 0.600. The van der Waals surface area contributed by atoms with Gasteiger partial charge in [-0.05, 0) is 71.2 Å². The van der Waals surface area contributed by atoms with Gasteiger partial charge in [0.05, 0.1) is 4.90 Å². The highest BCUT2D eigenvalue weighted by molar-refractivity contribution is 7.89. The number of carbonyl (C=O) groups excluding carboxylic acids is 2. The minimum absolute atomic E-state index is 0.0356. The molecule has 0 saturated carbocycles. The molecule has 2 rings (SSSR count). The van der Waals surface area contributed by atoms with Gasteiger partial charge in [0, 0.05) is 24.2 Å². The Morgan fingerprint density at radius 3 is 2.53 bits per heavy atom. The Bertz CT molecular complexity index is 852. The maximum atomic E-state index is 13.4. The fourth-order valence-electron chi connectivity index (χ4n) is 3.16. The van der Waals surface area contributed by atoms with E-state index in [1.54, 1.807) is 27.7 Å². The number of amides is 2. The van der Waals surface area contributed by atoms with Crippen LogP contribution in [-0.2, 0) is 19.6 Å². The lowest BCUT2D eigenvalue weighted by Crippen LogP contribution is -2.53. The predicted octanol–water partition coefficient (Wildman–Crippen LogP) is 2.91. The van der Waals surface area contributed by atoms with Crippen LogP contribution in [0.5, 0.6) is 0 Å². The van der Waals surface area contributed by atoms with Gasteiger partial charge in [0.15, 0.2) is 0 Å². The molecule has 0 unspecified atom stereocenters. The minimum atomic E-state index is -4.01. The highest BCUT2D eigenvalue weighted by atomic mass is 35.5. The zero-order valence-corrected chi connectivity index (χ0v) is 19.3. The zero-order valence-electron chi connectivity index (χ0n) is 17.8. The van der Waals surface area contributed by atoms with Crippen molar-refractivity contribution in [2.75, 3.05) is 13.1 Å². The number of carbonyl (C=O) groups is 2. The molecule has 2 N–H and O–H groups in total. The third-order valence-electron chi connectivity index (χ3n) is 4.49. The van der Waals surface area contributed by atoms with E-state index in [0.29, 0.717) is 24.4 Å². The van der Waals surface area contributed by atoms with E-state index in [1.165, 1.54) is 28.6 Å². The van der Waals surface area contributed by atoms with Gasteiger partial charge in [-0.3, -0.25) is 4.79 Å². The SMILES string of the molecule is C[C@@H](CN([C@@H]1CCCCNC1=O)S(=O)(=O)c1ccc(Cl)cc1)NC(=O)OC(C)(C)C. The number of nitrogens with one attached hydrogen (secondary N) is 2. The first-order chi connectivity index (χ1) is 13.9. The summed E-state index contributed by atoms with van der Waals surface area (Å²) in [6.45, 7) is 7.32. The summed E-state index contributed by atoms with van der Waals surface area (Å²) in [7, 11) is -4.01. The standard InChI is InChI=1S/C20H30ClN3O5S/c1-14(23-19(26)29-20(2,3)4)13-24(17-7-5-6-12-22-18(17)25)30(27,28)16-10-8-15(21)9-11-16/h8-11,14,17H,5-7,12-13H2,1-4H3,(H,22,25)(H,23,26)/t14-,17+/m0/s1. The topological polar surface area (TPSA) is 105 Å². The molecule has 1 aliphatic heterocycles. The van der Waals surface area contributed by atoms with E-state index in [9.17, 15) is 18.0 Å². The average Bonchev–Trinajstić information content (AvgIpc) is 2.82. The van der Waals surface area contributed by atoms with Crippen LogP contribution >= 0.6 is 11.6 Å². The van der Waals surface area contributed by atoms with Crippen LogP contribution in [0.2, 0.25) is 5.02 Å². The first-order valence-electron chi connectivity index (χ1n) is 9.95. The summed E-state index contributed by atoms with van der Waals surface area (Å²) < 4.78 is 33.2. The van der Waals surface area contributed by atoms with Crippen LogP contribution in [-0.4, -0.2) is 55.5 Å². The molecule has 1 saturated heterocycles. The van der Waals surface area contributed by atoms with Crippen molar-refractivity contribution < 1.29 is 22.7 Å². The van der Waals surface area contributed by atoms with Gasteiger partial charge in [-0.2, -0.15) is 4.31 Å². The Morgan fingerprint density at radius 2 is 1.93 bits per heavy atom. The smallest absolute Gasteiger partial charge is 0.407 e. The molecule has 0 radical (unpaired) electrons. The molecule has 1 heterocycles. The molecule has 2 amide bonds. The van der Waals surface area contributed by atoms with E-state index in [4.69, 9.17) is 16.3 Å². The van der Waals surface area contributed by atoms with Crippen LogP contribution in [0.15, 0.2) is 29.2 Å². The molecule has 2 atom stereocenters. The Morgan fingerprint density at radius 1 is 1.30 bits per heavy atom. The molecule has 1 aliphatic rings. The Hall–Kier alpha value is -1.84. The number of nitrogens with zero attached hydrogens (tertiary/aromatic N) is 1. The molecule has 10 heteroatoms. The first kappa shape index (κ1) is 24.4. The van der Waals surface area contributed by atoms with Crippen LogP contribution in [0, 0.1) is 0 Å². The third-order valence-corrected chi connectivity index (χ3v) is 6.63. The molecule has 168 valence electrons. The summed E-state index contributed by atoms with van der Waals surface area (Å²) >= 11 is 5.90. The Kier molecular flexibility index (Phi) is 8.13. The molecule has 0 spiro atoms. The normalized spacial score (nSPS) is 19.0. The van der Waals surface area contributed by atoms with Gasteiger partial charge in [-0.15, -0.1) is 0 Å². The molecule has 1 aromatic rings. The van der Waals surface area contributed by atoms with Crippen molar-refractivity contribution in [2.45, 2.75) is 69.5 Å². The number of alkyl carbamates (subject to hydrolysis) is 1. The average molecular weight is 460 g/mol. The molecule has 0 bridgehead atoms. The van der Waals surface area contributed by atoms with Gasteiger partial charge in [0.2, 0.25) is 15.9 Å². The van der Waals surface area contributed by atoms with Crippen molar-refractivity contribution in [3.63, 3.8) is 0 Å². The lowest BCUT2D eigenvalue weighted by molar-refractivity contribution is -0.124. The van der Waals surface area contributed by atoms with E-state index in [-0.39, 0.29) is 17.3 Å². The van der Waals surface area contributed by atoms with E-state index < -0.39 is 33.8 Å². The number of sulfonamides is 1. The summed E-state index contributed by atoms with van der Waals surface area (Å²) in [6, 6.07) is 4.34. The van der Waals surface area contributed by atoms with Crippen molar-refractivity contribution in [3.8, 4) is 0 Å². The summed E-state index contributed by atoms with van der Waals surface area (Å²) in [6.07, 6.45) is 1.24. The van der Waals surface area contributed by atoms with E-state index >= 15 is 0 Å². The van der Waals surface area contributed by atoms with Gasteiger partial charge in [0.25, 0.3) is 0 Å². The van der Waals surface area contributed by atoms with Gasteiger partial charge >= 0.3 is 6.09 Å². The number of benzene rings is 1. The second-order valence-corrected chi connectivity index (χ2v) is 10.7. The summed E-state index contributed by atoms with van der Waals surface area (Å²) in [5, 5.41) is 5.83. The number of halogens is 1. The summed E-state index contributed by atoms with van der Waals surface area (Å²) in [4.78, 5) is 24.8. The zero-order chi connectivity index (χ0) is 22.5. The van der Waals surface area contributed by atoms with Crippen LogP contribution in [0.1, 0.15) is 47.0 Å². The molecular formula is C20H30ClN3O5S. The summed E-state index contributed by atoms with van der Waals surface area (Å²) in [5.41, 5.74) is -0.681. The largest absolute Gasteiger partial charge is 0.444 e. The van der Waals surface area contributed by atoms with Crippen molar-refractivity contribution in [1.29, 1.82) is 0 Å². The highest BCUT2D eigenvalue weighted by Gasteiger charge is 2.37. The van der Waals surface area contributed by atoms with Crippen molar-refractivity contribution in [3.05, 3.63) is 29.3 Å². The number of hydrogen-bond donors (Lipinski definition) is 2. The monoisotopic (exact) mass is 459 g/mol. The molecule has 1 fully saturated rings. The minimum Gasteiger partial charge on any atom is -0.444 e. The third kappa shape index (κ3) is 6.85. The second-order valence-electron chi connectivity index (χ2n) is 8.38. The number of ether oxygens (including phenoxy) is 1. The van der Waals surface area contributed by atoms with E-state index in [1.807, 2.05) is 0 Å². The Labute approximate surface area is 183 Å². The molecular weight excluding hydrogens is 430 g/mol. The highest BCUT2D eigenvalue weighted by Crippen LogP contribution is 2.24. The molecule has 1 aromatic carbocycles. The fourth-order valence-corrected chi connectivity index (χ4v) is 4.99. The first-order valence-corrected chi connectivity index (χ1v) is 11.8. The maximum absolute atomic E-state index is 13.4. The second kappa shape index (κ2) is 9.98. The molecule has 0 aromatic heterocycles. The van der Waals surface area contributed by atoms with E-state index in [2.05, 4.69) is 10.6 Å². The maximum Gasteiger partial charge on any atom is 0.407 e. The Balaban J connectivity index is 2.30. The van der Waals surface area contributed by atoms with Crippen LogP contribution in [0.3, 0.4) is 0 Å². The van der Waals surface area contributed by atoms with Crippen LogP contribution in [0.4, 0.5) is 4.79 Å². The number of hydrogen-bond acceptors (Lipinski definition) is 5.